The fourth-order valence-electron chi connectivity index (χ4n) is 3.45. The van der Waals surface area contributed by atoms with E-state index in [2.05, 4.69) is 15.1 Å². The summed E-state index contributed by atoms with van der Waals surface area (Å²) in [5.74, 6) is -0.412. The Morgan fingerprint density at radius 2 is 2.15 bits per heavy atom. The van der Waals surface area contributed by atoms with Crippen LogP contribution in [0.2, 0.25) is 0 Å². The first kappa shape index (κ1) is 24.6. The maximum atomic E-state index is 12.8. The Balaban J connectivity index is 1.91. The summed E-state index contributed by atoms with van der Waals surface area (Å²) < 4.78 is 40.7. The lowest BCUT2D eigenvalue weighted by molar-refractivity contribution is -0.385. The first-order valence-electron chi connectivity index (χ1n) is 10.4. The molecule has 12 nitrogen and oxygen atoms in total. The van der Waals surface area contributed by atoms with Crippen molar-refractivity contribution in [3.8, 4) is 11.6 Å². The van der Waals surface area contributed by atoms with E-state index in [9.17, 15) is 23.3 Å². The SMILES string of the molecule is Cc1c(C(=O)NC[C@H]2CCCO2)nn(C)c1Oc1ccc([N+](=O)[O-])cc1S(=O)(=O)NC(C)C. The molecule has 1 aliphatic rings. The van der Waals surface area contributed by atoms with Crippen LogP contribution >= 0.6 is 0 Å². The molecule has 3 rings (SSSR count). The first-order chi connectivity index (χ1) is 15.5. The minimum atomic E-state index is -4.12. The molecule has 1 atom stereocenters. The standard InChI is InChI=1S/C20H27N5O7S/c1-12(2)23-33(29,30)17-10-14(25(27)28)7-8-16(17)32-20-13(3)18(22-24(20)4)19(26)21-11-15-6-5-9-31-15/h7-8,10,12,15,23H,5-6,9,11H2,1-4H3,(H,21,26)/t15-/m1/s1. The molecule has 0 bridgehead atoms. The Labute approximate surface area is 191 Å². The maximum absolute atomic E-state index is 12.8. The van der Waals surface area contributed by atoms with E-state index < -0.39 is 37.5 Å². The number of aryl methyl sites for hydroxylation is 1. The zero-order valence-electron chi connectivity index (χ0n) is 18.8. The van der Waals surface area contributed by atoms with E-state index in [1.807, 2.05) is 0 Å². The highest BCUT2D eigenvalue weighted by molar-refractivity contribution is 7.89. The van der Waals surface area contributed by atoms with Crippen LogP contribution in [-0.2, 0) is 21.8 Å². The van der Waals surface area contributed by atoms with Crippen molar-refractivity contribution in [2.45, 2.75) is 50.7 Å². The van der Waals surface area contributed by atoms with Crippen LogP contribution < -0.4 is 14.8 Å². The molecule has 180 valence electrons. The molecule has 0 saturated carbocycles. The normalized spacial score (nSPS) is 16.2. The topological polar surface area (TPSA) is 155 Å². The van der Waals surface area contributed by atoms with Crippen molar-refractivity contribution in [3.63, 3.8) is 0 Å². The number of sulfonamides is 1. The third kappa shape index (κ3) is 5.67. The van der Waals surface area contributed by atoms with Gasteiger partial charge in [-0.05, 0) is 39.7 Å². The monoisotopic (exact) mass is 481 g/mol. The van der Waals surface area contributed by atoms with Crippen molar-refractivity contribution in [3.05, 3.63) is 39.6 Å². The second-order valence-corrected chi connectivity index (χ2v) is 9.70. The van der Waals surface area contributed by atoms with Crippen LogP contribution in [0.25, 0.3) is 0 Å². The first-order valence-corrected chi connectivity index (χ1v) is 11.9. The van der Waals surface area contributed by atoms with Gasteiger partial charge in [-0.2, -0.15) is 5.10 Å². The average Bonchev–Trinajstić information content (AvgIpc) is 3.35. The highest BCUT2D eigenvalue weighted by Crippen LogP contribution is 2.34. The van der Waals surface area contributed by atoms with Gasteiger partial charge in [0.25, 0.3) is 11.6 Å². The molecule has 1 aromatic heterocycles. The van der Waals surface area contributed by atoms with Crippen molar-refractivity contribution in [1.29, 1.82) is 0 Å². The van der Waals surface area contributed by atoms with Crippen LogP contribution in [0.3, 0.4) is 0 Å². The van der Waals surface area contributed by atoms with Gasteiger partial charge in [-0.1, -0.05) is 0 Å². The summed E-state index contributed by atoms with van der Waals surface area (Å²) in [6.45, 7) is 5.91. The average molecular weight is 482 g/mol. The third-order valence-electron chi connectivity index (χ3n) is 4.97. The quantitative estimate of drug-likeness (QED) is 0.407. The molecule has 2 N–H and O–H groups in total. The molecule has 1 aliphatic heterocycles. The highest BCUT2D eigenvalue weighted by Gasteiger charge is 2.27. The third-order valence-corrected chi connectivity index (χ3v) is 6.65. The van der Waals surface area contributed by atoms with Gasteiger partial charge in [0, 0.05) is 43.9 Å². The van der Waals surface area contributed by atoms with E-state index in [0.717, 1.165) is 25.0 Å². The summed E-state index contributed by atoms with van der Waals surface area (Å²) in [5.41, 5.74) is 0.111. The number of amides is 1. The van der Waals surface area contributed by atoms with E-state index in [0.29, 0.717) is 18.7 Å². The number of benzene rings is 1. The predicted octanol–water partition coefficient (Wildman–Crippen LogP) is 2.02. The van der Waals surface area contributed by atoms with Crippen molar-refractivity contribution in [2.24, 2.45) is 7.05 Å². The number of carbonyl (C=O) groups is 1. The molecule has 33 heavy (non-hydrogen) atoms. The van der Waals surface area contributed by atoms with Gasteiger partial charge in [0.1, 0.15) is 10.6 Å². The number of nitro groups is 1. The van der Waals surface area contributed by atoms with E-state index in [1.54, 1.807) is 27.8 Å². The summed E-state index contributed by atoms with van der Waals surface area (Å²) in [7, 11) is -2.58. The molecular formula is C20H27N5O7S. The molecule has 1 fully saturated rings. The number of nitrogens with zero attached hydrogens (tertiary/aromatic N) is 3. The maximum Gasteiger partial charge on any atom is 0.272 e. The Hall–Kier alpha value is -3.03. The number of nitrogens with one attached hydrogen (secondary N) is 2. The Morgan fingerprint density at radius 3 is 2.76 bits per heavy atom. The molecule has 2 heterocycles. The van der Waals surface area contributed by atoms with Gasteiger partial charge < -0.3 is 14.8 Å². The minimum Gasteiger partial charge on any atom is -0.438 e. The summed E-state index contributed by atoms with van der Waals surface area (Å²) >= 11 is 0. The van der Waals surface area contributed by atoms with Gasteiger partial charge >= 0.3 is 0 Å². The van der Waals surface area contributed by atoms with E-state index in [4.69, 9.17) is 9.47 Å². The molecule has 0 aliphatic carbocycles. The van der Waals surface area contributed by atoms with E-state index in [-0.39, 0.29) is 23.4 Å². The highest BCUT2D eigenvalue weighted by atomic mass is 32.2. The number of carbonyl (C=O) groups excluding carboxylic acids is 1. The Bertz CT molecular complexity index is 1150. The minimum absolute atomic E-state index is 0.0324. The zero-order chi connectivity index (χ0) is 24.3. The number of aromatic nitrogens is 2. The van der Waals surface area contributed by atoms with Crippen molar-refractivity contribution < 1.29 is 27.6 Å². The summed E-state index contributed by atoms with van der Waals surface area (Å²) in [4.78, 5) is 22.7. The van der Waals surface area contributed by atoms with E-state index >= 15 is 0 Å². The van der Waals surface area contributed by atoms with Crippen LogP contribution in [0.15, 0.2) is 23.1 Å². The molecule has 1 aromatic carbocycles. The largest absolute Gasteiger partial charge is 0.438 e. The number of hydrogen-bond acceptors (Lipinski definition) is 8. The van der Waals surface area contributed by atoms with Gasteiger partial charge in [-0.25, -0.2) is 17.8 Å². The summed E-state index contributed by atoms with van der Waals surface area (Å²) in [6.07, 6.45) is 1.79. The van der Waals surface area contributed by atoms with Crippen molar-refractivity contribution >= 4 is 21.6 Å². The van der Waals surface area contributed by atoms with Crippen LogP contribution in [0.5, 0.6) is 11.6 Å². The zero-order valence-corrected chi connectivity index (χ0v) is 19.6. The lowest BCUT2D eigenvalue weighted by atomic mass is 10.2. The van der Waals surface area contributed by atoms with Crippen LogP contribution in [0.4, 0.5) is 5.69 Å². The number of rotatable bonds is 9. The molecular weight excluding hydrogens is 454 g/mol. The van der Waals surface area contributed by atoms with Crippen molar-refractivity contribution in [1.82, 2.24) is 19.8 Å². The van der Waals surface area contributed by atoms with Gasteiger partial charge in [0.15, 0.2) is 5.69 Å². The summed E-state index contributed by atoms with van der Waals surface area (Å²) in [6, 6.07) is 2.84. The Kier molecular flexibility index (Phi) is 7.34. The Morgan fingerprint density at radius 1 is 1.42 bits per heavy atom. The fourth-order valence-corrected chi connectivity index (χ4v) is 4.85. The van der Waals surface area contributed by atoms with Gasteiger partial charge in [-0.3, -0.25) is 14.9 Å². The van der Waals surface area contributed by atoms with Crippen LogP contribution in [0, 0.1) is 17.0 Å². The number of ether oxygens (including phenoxy) is 2. The lowest BCUT2D eigenvalue weighted by Crippen LogP contribution is -2.32. The van der Waals surface area contributed by atoms with Crippen molar-refractivity contribution in [2.75, 3.05) is 13.2 Å². The molecule has 0 spiro atoms. The molecule has 13 heteroatoms. The smallest absolute Gasteiger partial charge is 0.272 e. The van der Waals surface area contributed by atoms with Gasteiger partial charge in [0.05, 0.1) is 11.0 Å². The predicted molar refractivity (Wildman–Crippen MR) is 118 cm³/mol. The second kappa shape index (κ2) is 9.85. The van der Waals surface area contributed by atoms with Gasteiger partial charge in [-0.15, -0.1) is 0 Å². The number of nitro benzene ring substituents is 1. The molecule has 1 saturated heterocycles. The lowest BCUT2D eigenvalue weighted by Gasteiger charge is -2.14. The van der Waals surface area contributed by atoms with Gasteiger partial charge in [0.2, 0.25) is 15.9 Å². The molecule has 1 amide bonds. The van der Waals surface area contributed by atoms with E-state index in [1.165, 1.54) is 10.7 Å². The molecule has 0 unspecified atom stereocenters. The number of hydrogen-bond donors (Lipinski definition) is 2. The van der Waals surface area contributed by atoms with Crippen LogP contribution in [0.1, 0.15) is 42.7 Å². The summed E-state index contributed by atoms with van der Waals surface area (Å²) in [5, 5.41) is 18.2. The fraction of sp³-hybridized carbons (Fsp3) is 0.500. The molecule has 2 aromatic rings. The second-order valence-electron chi connectivity index (χ2n) is 8.01. The molecule has 0 radical (unpaired) electrons. The number of non-ortho nitro benzene ring substituents is 1. The van der Waals surface area contributed by atoms with Crippen LogP contribution in [-0.4, -0.2) is 54.3 Å².